The Morgan fingerprint density at radius 2 is 2.41 bits per heavy atom. The highest BCUT2D eigenvalue weighted by Gasteiger charge is 2.22. The van der Waals surface area contributed by atoms with Crippen LogP contribution in [0.15, 0.2) is 5.38 Å². The van der Waals surface area contributed by atoms with Gasteiger partial charge in [-0.2, -0.15) is 0 Å². The Morgan fingerprint density at radius 3 is 3.06 bits per heavy atom. The van der Waals surface area contributed by atoms with Gasteiger partial charge < -0.3 is 10.2 Å². The molecular weight excluding hydrogens is 230 g/mol. The van der Waals surface area contributed by atoms with Crippen molar-refractivity contribution in [3.8, 4) is 0 Å². The zero-order valence-electron chi connectivity index (χ0n) is 11.1. The number of thiazole rings is 1. The second kappa shape index (κ2) is 5.94. The first-order valence-electron chi connectivity index (χ1n) is 6.53. The van der Waals surface area contributed by atoms with E-state index < -0.39 is 0 Å². The molecule has 1 aliphatic heterocycles. The molecule has 0 radical (unpaired) electrons. The third kappa shape index (κ3) is 4.05. The van der Waals surface area contributed by atoms with Crippen LogP contribution in [-0.4, -0.2) is 41.6 Å². The molecule has 0 bridgehead atoms. The normalized spacial score (nSPS) is 21.5. The Balaban J connectivity index is 1.71. The van der Waals surface area contributed by atoms with Gasteiger partial charge in [0, 0.05) is 37.0 Å². The van der Waals surface area contributed by atoms with Crippen LogP contribution < -0.4 is 5.32 Å². The number of hydrogen-bond donors (Lipinski definition) is 1. The van der Waals surface area contributed by atoms with Crippen molar-refractivity contribution >= 4 is 11.3 Å². The minimum atomic E-state index is 0.598. The van der Waals surface area contributed by atoms with Crippen LogP contribution in [0.4, 0.5) is 0 Å². The Kier molecular flexibility index (Phi) is 4.54. The highest BCUT2D eigenvalue weighted by molar-refractivity contribution is 7.09. The van der Waals surface area contributed by atoms with Crippen LogP contribution in [-0.2, 0) is 6.42 Å². The highest BCUT2D eigenvalue weighted by atomic mass is 32.1. The highest BCUT2D eigenvalue weighted by Crippen LogP contribution is 2.13. The lowest BCUT2D eigenvalue weighted by Crippen LogP contribution is -2.37. The number of aryl methyl sites for hydroxylation is 1. The predicted octanol–water partition coefficient (Wildman–Crippen LogP) is 2.07. The average molecular weight is 253 g/mol. The van der Waals surface area contributed by atoms with E-state index in [0.717, 1.165) is 13.0 Å². The van der Waals surface area contributed by atoms with Crippen molar-refractivity contribution in [2.24, 2.45) is 0 Å². The van der Waals surface area contributed by atoms with E-state index in [2.05, 4.69) is 41.4 Å². The van der Waals surface area contributed by atoms with E-state index >= 15 is 0 Å². The van der Waals surface area contributed by atoms with Gasteiger partial charge in [0.25, 0.3) is 0 Å². The van der Waals surface area contributed by atoms with Crippen LogP contribution in [0.1, 0.15) is 31.0 Å². The summed E-state index contributed by atoms with van der Waals surface area (Å²) in [5.74, 6) is 0. The molecule has 1 fully saturated rings. The summed E-state index contributed by atoms with van der Waals surface area (Å²) in [4.78, 5) is 7.07. The Labute approximate surface area is 108 Å². The molecule has 0 saturated carbocycles. The second-order valence-electron chi connectivity index (χ2n) is 5.22. The van der Waals surface area contributed by atoms with E-state index in [1.165, 1.54) is 30.2 Å². The van der Waals surface area contributed by atoms with Gasteiger partial charge in [-0.05, 0) is 19.9 Å². The standard InChI is InChI=1S/C13H23N3S/c1-10(2)14-12-4-6-16(8-12)7-5-13-9-17-11(3)15-13/h9-10,12,14H,4-8H2,1-3H3. The first-order valence-corrected chi connectivity index (χ1v) is 7.41. The van der Waals surface area contributed by atoms with E-state index in [-0.39, 0.29) is 0 Å². The molecule has 17 heavy (non-hydrogen) atoms. The molecular formula is C13H23N3S. The van der Waals surface area contributed by atoms with Crippen molar-refractivity contribution in [3.05, 3.63) is 16.1 Å². The van der Waals surface area contributed by atoms with Gasteiger partial charge >= 0.3 is 0 Å². The number of likely N-dealkylation sites (tertiary alicyclic amines) is 1. The molecule has 3 nitrogen and oxygen atoms in total. The first kappa shape index (κ1) is 13.0. The van der Waals surface area contributed by atoms with Crippen LogP contribution in [0.3, 0.4) is 0 Å². The van der Waals surface area contributed by atoms with Gasteiger partial charge in [-0.25, -0.2) is 4.98 Å². The Morgan fingerprint density at radius 1 is 1.59 bits per heavy atom. The zero-order chi connectivity index (χ0) is 12.3. The summed E-state index contributed by atoms with van der Waals surface area (Å²) in [5, 5.41) is 6.99. The van der Waals surface area contributed by atoms with Crippen molar-refractivity contribution in [2.75, 3.05) is 19.6 Å². The summed E-state index contributed by atoms with van der Waals surface area (Å²) < 4.78 is 0. The summed E-state index contributed by atoms with van der Waals surface area (Å²) in [6, 6.07) is 1.29. The lowest BCUT2D eigenvalue weighted by molar-refractivity contribution is 0.327. The molecule has 0 spiro atoms. The maximum absolute atomic E-state index is 4.52. The second-order valence-corrected chi connectivity index (χ2v) is 6.28. The van der Waals surface area contributed by atoms with Crippen LogP contribution in [0.2, 0.25) is 0 Å². The van der Waals surface area contributed by atoms with E-state index in [9.17, 15) is 0 Å². The fourth-order valence-electron chi connectivity index (χ4n) is 2.44. The lowest BCUT2D eigenvalue weighted by atomic mass is 10.2. The number of nitrogens with one attached hydrogen (secondary N) is 1. The number of hydrogen-bond acceptors (Lipinski definition) is 4. The summed E-state index contributed by atoms with van der Waals surface area (Å²) in [5.41, 5.74) is 1.26. The lowest BCUT2D eigenvalue weighted by Gasteiger charge is -2.17. The Bertz CT molecular complexity index is 348. The summed E-state index contributed by atoms with van der Waals surface area (Å²) >= 11 is 1.75. The molecule has 96 valence electrons. The van der Waals surface area contributed by atoms with E-state index in [0.29, 0.717) is 12.1 Å². The predicted molar refractivity (Wildman–Crippen MR) is 73.7 cm³/mol. The van der Waals surface area contributed by atoms with Crippen LogP contribution in [0.25, 0.3) is 0 Å². The SMILES string of the molecule is Cc1nc(CCN2CCC(NC(C)C)C2)cs1. The molecule has 0 amide bonds. The molecule has 1 aromatic rings. The van der Waals surface area contributed by atoms with E-state index in [4.69, 9.17) is 0 Å². The average Bonchev–Trinajstić information content (AvgIpc) is 2.84. The summed E-state index contributed by atoms with van der Waals surface area (Å²) in [6.07, 6.45) is 2.38. The minimum Gasteiger partial charge on any atom is -0.310 e. The van der Waals surface area contributed by atoms with Gasteiger partial charge in [-0.3, -0.25) is 0 Å². The van der Waals surface area contributed by atoms with Crippen LogP contribution in [0, 0.1) is 6.92 Å². The van der Waals surface area contributed by atoms with Gasteiger partial charge in [0.15, 0.2) is 0 Å². The number of aromatic nitrogens is 1. The summed E-state index contributed by atoms with van der Waals surface area (Å²) in [7, 11) is 0. The van der Waals surface area contributed by atoms with Crippen molar-refractivity contribution in [3.63, 3.8) is 0 Å². The first-order chi connectivity index (χ1) is 8.13. The largest absolute Gasteiger partial charge is 0.310 e. The number of rotatable bonds is 5. The van der Waals surface area contributed by atoms with Crippen molar-refractivity contribution in [2.45, 2.75) is 45.7 Å². The molecule has 1 atom stereocenters. The molecule has 1 saturated heterocycles. The van der Waals surface area contributed by atoms with E-state index in [1.807, 2.05) is 0 Å². The molecule has 0 aromatic carbocycles. The fourth-order valence-corrected chi connectivity index (χ4v) is 3.09. The van der Waals surface area contributed by atoms with Gasteiger partial charge in [0.2, 0.25) is 0 Å². The van der Waals surface area contributed by atoms with Crippen molar-refractivity contribution < 1.29 is 0 Å². The third-order valence-electron chi connectivity index (χ3n) is 3.19. The third-order valence-corrected chi connectivity index (χ3v) is 4.01. The van der Waals surface area contributed by atoms with Gasteiger partial charge in [-0.15, -0.1) is 11.3 Å². The number of nitrogens with zero attached hydrogens (tertiary/aromatic N) is 2. The Hall–Kier alpha value is -0.450. The minimum absolute atomic E-state index is 0.598. The van der Waals surface area contributed by atoms with Gasteiger partial charge in [0.05, 0.1) is 10.7 Å². The zero-order valence-corrected chi connectivity index (χ0v) is 11.9. The monoisotopic (exact) mass is 253 g/mol. The molecule has 1 aliphatic rings. The van der Waals surface area contributed by atoms with Crippen LogP contribution >= 0.6 is 11.3 Å². The van der Waals surface area contributed by atoms with Crippen LogP contribution in [0.5, 0.6) is 0 Å². The summed E-state index contributed by atoms with van der Waals surface area (Å²) in [6.45, 7) is 10.1. The maximum atomic E-state index is 4.52. The maximum Gasteiger partial charge on any atom is 0.0897 e. The molecule has 1 aromatic heterocycles. The van der Waals surface area contributed by atoms with E-state index in [1.54, 1.807) is 11.3 Å². The van der Waals surface area contributed by atoms with Gasteiger partial charge in [0.1, 0.15) is 0 Å². The fraction of sp³-hybridized carbons (Fsp3) is 0.769. The molecule has 0 aliphatic carbocycles. The topological polar surface area (TPSA) is 28.2 Å². The molecule has 2 rings (SSSR count). The van der Waals surface area contributed by atoms with Crippen molar-refractivity contribution in [1.29, 1.82) is 0 Å². The van der Waals surface area contributed by atoms with Crippen molar-refractivity contribution in [1.82, 2.24) is 15.2 Å². The molecule has 2 heterocycles. The molecule has 1 N–H and O–H groups in total. The molecule has 1 unspecified atom stereocenters. The quantitative estimate of drug-likeness (QED) is 0.870. The molecule has 4 heteroatoms. The smallest absolute Gasteiger partial charge is 0.0897 e. The van der Waals surface area contributed by atoms with Gasteiger partial charge in [-0.1, -0.05) is 13.8 Å².